The fourth-order valence-corrected chi connectivity index (χ4v) is 3.10. The van der Waals surface area contributed by atoms with Crippen LogP contribution in [0.2, 0.25) is 5.02 Å². The molecule has 0 N–H and O–H groups in total. The Labute approximate surface area is 131 Å². The molecule has 0 spiro atoms. The Bertz CT molecular complexity index is 860. The smallest absolute Gasteiger partial charge is 0.266 e. The lowest BCUT2D eigenvalue weighted by molar-refractivity contribution is 0.820. The zero-order valence-electron chi connectivity index (χ0n) is 11.4. The molecule has 0 fully saturated rings. The molecule has 1 heterocycles. The van der Waals surface area contributed by atoms with Crippen molar-refractivity contribution in [1.82, 2.24) is 9.55 Å². The van der Waals surface area contributed by atoms with E-state index >= 15 is 0 Å². The molecule has 0 saturated heterocycles. The summed E-state index contributed by atoms with van der Waals surface area (Å²) in [4.78, 5) is 17.4. The minimum absolute atomic E-state index is 0.0705. The molecule has 0 unspecified atom stereocenters. The summed E-state index contributed by atoms with van der Waals surface area (Å²) in [5.41, 5.74) is 1.39. The second-order valence-electron chi connectivity index (χ2n) is 4.46. The van der Waals surface area contributed by atoms with Gasteiger partial charge in [-0.1, -0.05) is 48.5 Å². The summed E-state index contributed by atoms with van der Waals surface area (Å²) in [6, 6.07) is 14.7. The van der Waals surface area contributed by atoms with Crippen LogP contribution in [0.25, 0.3) is 16.6 Å². The SMILES string of the molecule is CCSc1nc2ccccc2c(=O)n1-c1cccc(Cl)c1. The van der Waals surface area contributed by atoms with Crippen LogP contribution >= 0.6 is 23.4 Å². The minimum atomic E-state index is -0.0705. The van der Waals surface area contributed by atoms with Gasteiger partial charge in [0.05, 0.1) is 16.6 Å². The third kappa shape index (κ3) is 2.69. The van der Waals surface area contributed by atoms with Crippen molar-refractivity contribution >= 4 is 34.3 Å². The van der Waals surface area contributed by atoms with Crippen molar-refractivity contribution in [2.75, 3.05) is 5.75 Å². The molecule has 3 nitrogen and oxygen atoms in total. The quantitative estimate of drug-likeness (QED) is 0.538. The summed E-state index contributed by atoms with van der Waals surface area (Å²) in [6.07, 6.45) is 0. The van der Waals surface area contributed by atoms with Crippen molar-refractivity contribution in [2.24, 2.45) is 0 Å². The van der Waals surface area contributed by atoms with Gasteiger partial charge >= 0.3 is 0 Å². The normalized spacial score (nSPS) is 11.0. The Morgan fingerprint density at radius 3 is 2.76 bits per heavy atom. The first-order chi connectivity index (χ1) is 10.2. The fraction of sp³-hybridized carbons (Fsp3) is 0.125. The van der Waals surface area contributed by atoms with Gasteiger partial charge in [-0.15, -0.1) is 0 Å². The first-order valence-electron chi connectivity index (χ1n) is 6.61. The molecule has 0 bridgehead atoms. The molecule has 5 heteroatoms. The standard InChI is InChI=1S/C16H13ClN2OS/c1-2-21-16-18-14-9-4-3-8-13(14)15(20)19(16)12-7-5-6-11(17)10-12/h3-10H,2H2,1H3. The van der Waals surface area contributed by atoms with Crippen LogP contribution in [0.15, 0.2) is 58.5 Å². The van der Waals surface area contributed by atoms with E-state index in [9.17, 15) is 4.79 Å². The second kappa shape index (κ2) is 5.92. The molecule has 0 aliphatic heterocycles. The van der Waals surface area contributed by atoms with E-state index in [0.717, 1.165) is 17.0 Å². The average Bonchev–Trinajstić information content (AvgIpc) is 2.48. The number of rotatable bonds is 3. The highest BCUT2D eigenvalue weighted by Gasteiger charge is 2.12. The molecule has 2 aromatic carbocycles. The molecule has 0 amide bonds. The third-order valence-electron chi connectivity index (χ3n) is 3.08. The second-order valence-corrected chi connectivity index (χ2v) is 6.13. The van der Waals surface area contributed by atoms with Crippen molar-refractivity contribution in [3.8, 4) is 5.69 Å². The fourth-order valence-electron chi connectivity index (χ4n) is 2.18. The van der Waals surface area contributed by atoms with Crippen LogP contribution < -0.4 is 5.56 Å². The van der Waals surface area contributed by atoms with Gasteiger partial charge in [-0.2, -0.15) is 0 Å². The Morgan fingerprint density at radius 1 is 1.19 bits per heavy atom. The molecule has 0 aliphatic carbocycles. The summed E-state index contributed by atoms with van der Waals surface area (Å²) < 4.78 is 1.63. The molecule has 1 aromatic heterocycles. The first kappa shape index (κ1) is 14.2. The lowest BCUT2D eigenvalue weighted by Gasteiger charge is -2.12. The lowest BCUT2D eigenvalue weighted by Crippen LogP contribution is -2.21. The molecular weight excluding hydrogens is 304 g/mol. The zero-order chi connectivity index (χ0) is 14.8. The van der Waals surface area contributed by atoms with Crippen LogP contribution in [0.5, 0.6) is 0 Å². The van der Waals surface area contributed by atoms with Crippen molar-refractivity contribution < 1.29 is 0 Å². The van der Waals surface area contributed by atoms with Gasteiger partial charge in [0.25, 0.3) is 5.56 Å². The molecule has 0 atom stereocenters. The molecule has 0 saturated carbocycles. The van der Waals surface area contributed by atoms with E-state index in [1.54, 1.807) is 34.5 Å². The maximum absolute atomic E-state index is 12.8. The van der Waals surface area contributed by atoms with Crippen LogP contribution in [0.1, 0.15) is 6.92 Å². The van der Waals surface area contributed by atoms with E-state index in [-0.39, 0.29) is 5.56 Å². The molecular formula is C16H13ClN2OS. The van der Waals surface area contributed by atoms with E-state index in [4.69, 9.17) is 11.6 Å². The number of para-hydroxylation sites is 1. The molecule has 3 aromatic rings. The molecule has 21 heavy (non-hydrogen) atoms. The van der Waals surface area contributed by atoms with Crippen LogP contribution in [-0.4, -0.2) is 15.3 Å². The van der Waals surface area contributed by atoms with Gasteiger partial charge in [0.15, 0.2) is 5.16 Å². The van der Waals surface area contributed by atoms with Crippen LogP contribution in [-0.2, 0) is 0 Å². The van der Waals surface area contributed by atoms with Gasteiger partial charge in [-0.3, -0.25) is 9.36 Å². The topological polar surface area (TPSA) is 34.9 Å². The maximum Gasteiger partial charge on any atom is 0.266 e. The minimum Gasteiger partial charge on any atom is -0.268 e. The third-order valence-corrected chi connectivity index (χ3v) is 4.14. The van der Waals surface area contributed by atoms with Crippen LogP contribution in [0.4, 0.5) is 0 Å². The van der Waals surface area contributed by atoms with E-state index < -0.39 is 0 Å². The number of halogens is 1. The lowest BCUT2D eigenvalue weighted by atomic mass is 10.2. The largest absolute Gasteiger partial charge is 0.268 e. The molecule has 106 valence electrons. The average molecular weight is 317 g/mol. The number of hydrogen-bond donors (Lipinski definition) is 0. The first-order valence-corrected chi connectivity index (χ1v) is 7.97. The number of benzene rings is 2. The number of aromatic nitrogens is 2. The molecule has 0 radical (unpaired) electrons. The highest BCUT2D eigenvalue weighted by molar-refractivity contribution is 7.99. The van der Waals surface area contributed by atoms with Crippen LogP contribution in [0, 0.1) is 0 Å². The van der Waals surface area contributed by atoms with E-state index in [1.165, 1.54) is 0 Å². The Hall–Kier alpha value is -1.78. The zero-order valence-corrected chi connectivity index (χ0v) is 13.0. The summed E-state index contributed by atoms with van der Waals surface area (Å²) >= 11 is 7.59. The van der Waals surface area contributed by atoms with E-state index in [1.807, 2.05) is 37.3 Å². The number of fused-ring (bicyclic) bond motifs is 1. The summed E-state index contributed by atoms with van der Waals surface area (Å²) in [6.45, 7) is 2.04. The highest BCUT2D eigenvalue weighted by atomic mass is 35.5. The van der Waals surface area contributed by atoms with E-state index in [0.29, 0.717) is 15.6 Å². The van der Waals surface area contributed by atoms with Gasteiger partial charge < -0.3 is 0 Å². The van der Waals surface area contributed by atoms with Gasteiger partial charge in [0.2, 0.25) is 0 Å². The molecule has 3 rings (SSSR count). The summed E-state index contributed by atoms with van der Waals surface area (Å²) in [7, 11) is 0. The van der Waals surface area contributed by atoms with Gasteiger partial charge in [-0.25, -0.2) is 4.98 Å². The number of hydrogen-bond acceptors (Lipinski definition) is 3. The van der Waals surface area contributed by atoms with Crippen molar-refractivity contribution in [2.45, 2.75) is 12.1 Å². The Kier molecular flexibility index (Phi) is 3.99. The summed E-state index contributed by atoms with van der Waals surface area (Å²) in [5, 5.41) is 1.89. The van der Waals surface area contributed by atoms with Crippen molar-refractivity contribution in [3.63, 3.8) is 0 Å². The monoisotopic (exact) mass is 316 g/mol. The maximum atomic E-state index is 12.8. The highest BCUT2D eigenvalue weighted by Crippen LogP contribution is 2.22. The number of thioether (sulfide) groups is 1. The van der Waals surface area contributed by atoms with Gasteiger partial charge in [-0.05, 0) is 36.1 Å². The van der Waals surface area contributed by atoms with E-state index in [2.05, 4.69) is 4.98 Å². The Morgan fingerprint density at radius 2 is 2.00 bits per heavy atom. The number of nitrogens with zero attached hydrogens (tertiary/aromatic N) is 2. The predicted molar refractivity (Wildman–Crippen MR) is 88.7 cm³/mol. The predicted octanol–water partition coefficient (Wildman–Crippen LogP) is 4.15. The van der Waals surface area contributed by atoms with Crippen LogP contribution in [0.3, 0.4) is 0 Å². The Balaban J connectivity index is 2.36. The molecule has 0 aliphatic rings. The van der Waals surface area contributed by atoms with Gasteiger partial charge in [0, 0.05) is 5.02 Å². The van der Waals surface area contributed by atoms with Crippen molar-refractivity contribution in [1.29, 1.82) is 0 Å². The summed E-state index contributed by atoms with van der Waals surface area (Å²) in [5.74, 6) is 0.839. The van der Waals surface area contributed by atoms with Gasteiger partial charge in [0.1, 0.15) is 0 Å². The van der Waals surface area contributed by atoms with Crippen molar-refractivity contribution in [3.05, 3.63) is 63.9 Å².